The zero-order valence-corrected chi connectivity index (χ0v) is 9.52. The molecule has 86 valence electrons. The minimum atomic E-state index is -0.334. The quantitative estimate of drug-likeness (QED) is 0.647. The number of urea groups is 1. The Morgan fingerprint density at radius 1 is 1.33 bits per heavy atom. The van der Waals surface area contributed by atoms with Crippen LogP contribution in [-0.2, 0) is 9.53 Å². The maximum Gasteiger partial charge on any atom is 0.325 e. The third-order valence-corrected chi connectivity index (χ3v) is 2.22. The first-order valence-corrected chi connectivity index (χ1v) is 5.19. The highest BCUT2D eigenvalue weighted by molar-refractivity contribution is 5.81. The van der Waals surface area contributed by atoms with Crippen LogP contribution in [0.2, 0.25) is 0 Å². The summed E-state index contributed by atoms with van der Waals surface area (Å²) >= 11 is 0. The molecular formula is C10H18N2O3. The van der Waals surface area contributed by atoms with Gasteiger partial charge in [-0.3, -0.25) is 4.79 Å². The van der Waals surface area contributed by atoms with Crippen LogP contribution in [0.3, 0.4) is 0 Å². The lowest BCUT2D eigenvalue weighted by atomic mass is 10.4. The SMILES string of the molecule is CCOC(=O)CN(C(=O)N(C)C)C1CC1. The average molecular weight is 214 g/mol. The van der Waals surface area contributed by atoms with Crippen molar-refractivity contribution in [3.63, 3.8) is 0 Å². The second-order valence-corrected chi connectivity index (χ2v) is 3.84. The molecule has 15 heavy (non-hydrogen) atoms. The van der Waals surface area contributed by atoms with Crippen molar-refractivity contribution in [2.24, 2.45) is 0 Å². The Morgan fingerprint density at radius 3 is 2.33 bits per heavy atom. The molecule has 0 heterocycles. The lowest BCUT2D eigenvalue weighted by Gasteiger charge is -2.24. The van der Waals surface area contributed by atoms with E-state index in [1.807, 2.05) is 0 Å². The van der Waals surface area contributed by atoms with Gasteiger partial charge in [0.2, 0.25) is 0 Å². The zero-order valence-electron chi connectivity index (χ0n) is 9.52. The molecule has 5 nitrogen and oxygen atoms in total. The third kappa shape index (κ3) is 3.42. The van der Waals surface area contributed by atoms with E-state index in [-0.39, 0.29) is 24.6 Å². The number of rotatable bonds is 4. The molecule has 0 saturated heterocycles. The number of carbonyl (C=O) groups excluding carboxylic acids is 2. The first kappa shape index (κ1) is 11.8. The monoisotopic (exact) mass is 214 g/mol. The molecule has 0 N–H and O–H groups in total. The molecule has 0 aromatic carbocycles. The van der Waals surface area contributed by atoms with Crippen molar-refractivity contribution in [1.29, 1.82) is 0 Å². The van der Waals surface area contributed by atoms with Crippen molar-refractivity contribution < 1.29 is 14.3 Å². The van der Waals surface area contributed by atoms with E-state index in [1.165, 1.54) is 4.90 Å². The normalized spacial score (nSPS) is 14.6. The van der Waals surface area contributed by atoms with Crippen LogP contribution in [0.4, 0.5) is 4.79 Å². The van der Waals surface area contributed by atoms with Gasteiger partial charge in [-0.1, -0.05) is 0 Å². The van der Waals surface area contributed by atoms with Gasteiger partial charge in [-0.05, 0) is 19.8 Å². The van der Waals surface area contributed by atoms with Crippen molar-refractivity contribution in [1.82, 2.24) is 9.80 Å². The molecule has 1 saturated carbocycles. The maximum absolute atomic E-state index is 11.7. The second kappa shape index (κ2) is 5.00. The number of carbonyl (C=O) groups is 2. The molecule has 0 aliphatic heterocycles. The van der Waals surface area contributed by atoms with Gasteiger partial charge in [-0.15, -0.1) is 0 Å². The van der Waals surface area contributed by atoms with Crippen LogP contribution in [-0.4, -0.2) is 55.1 Å². The fraction of sp³-hybridized carbons (Fsp3) is 0.800. The predicted octanol–water partition coefficient (Wildman–Crippen LogP) is 0.696. The van der Waals surface area contributed by atoms with E-state index < -0.39 is 0 Å². The van der Waals surface area contributed by atoms with Gasteiger partial charge in [-0.2, -0.15) is 0 Å². The summed E-state index contributed by atoms with van der Waals surface area (Å²) in [6, 6.07) is 0.106. The Labute approximate surface area is 90.0 Å². The zero-order chi connectivity index (χ0) is 11.4. The summed E-state index contributed by atoms with van der Waals surface area (Å²) in [4.78, 5) is 26.1. The average Bonchev–Trinajstić information content (AvgIpc) is 2.96. The van der Waals surface area contributed by atoms with Gasteiger partial charge < -0.3 is 14.5 Å². The summed E-state index contributed by atoms with van der Waals surface area (Å²) in [5.74, 6) is -0.334. The van der Waals surface area contributed by atoms with Crippen molar-refractivity contribution in [2.75, 3.05) is 27.2 Å². The molecule has 0 spiro atoms. The highest BCUT2D eigenvalue weighted by atomic mass is 16.5. The fourth-order valence-electron chi connectivity index (χ4n) is 1.34. The number of esters is 1. The third-order valence-electron chi connectivity index (χ3n) is 2.22. The van der Waals surface area contributed by atoms with E-state index in [0.29, 0.717) is 6.61 Å². The number of nitrogens with zero attached hydrogens (tertiary/aromatic N) is 2. The molecular weight excluding hydrogens is 196 g/mol. The van der Waals surface area contributed by atoms with Crippen LogP contribution < -0.4 is 0 Å². The summed E-state index contributed by atoms with van der Waals surface area (Å²) in [5, 5.41) is 0. The molecule has 0 radical (unpaired) electrons. The van der Waals surface area contributed by atoms with E-state index >= 15 is 0 Å². The summed E-state index contributed by atoms with van der Waals surface area (Å²) in [6.45, 7) is 2.18. The Balaban J connectivity index is 2.51. The van der Waals surface area contributed by atoms with Gasteiger partial charge in [0.05, 0.1) is 6.61 Å². The molecule has 0 aromatic heterocycles. The van der Waals surface area contributed by atoms with Crippen LogP contribution in [0, 0.1) is 0 Å². The Bertz CT molecular complexity index is 249. The van der Waals surface area contributed by atoms with E-state index in [0.717, 1.165) is 12.8 Å². The highest BCUT2D eigenvalue weighted by Gasteiger charge is 2.34. The first-order valence-electron chi connectivity index (χ1n) is 5.19. The number of hydrogen-bond donors (Lipinski definition) is 0. The van der Waals surface area contributed by atoms with Crippen LogP contribution in [0.15, 0.2) is 0 Å². The topological polar surface area (TPSA) is 49.9 Å². The van der Waals surface area contributed by atoms with E-state index in [9.17, 15) is 9.59 Å². The predicted molar refractivity (Wildman–Crippen MR) is 55.4 cm³/mol. The first-order chi connectivity index (χ1) is 7.06. The van der Waals surface area contributed by atoms with Crippen molar-refractivity contribution in [2.45, 2.75) is 25.8 Å². The molecule has 1 fully saturated rings. The molecule has 0 aromatic rings. The van der Waals surface area contributed by atoms with E-state index in [1.54, 1.807) is 25.9 Å². The van der Waals surface area contributed by atoms with Crippen LogP contribution in [0.1, 0.15) is 19.8 Å². The van der Waals surface area contributed by atoms with Crippen molar-refractivity contribution in [3.05, 3.63) is 0 Å². The standard InChI is InChI=1S/C10H18N2O3/c1-4-15-9(13)7-12(8-5-6-8)10(14)11(2)3/h8H,4-7H2,1-3H3. The largest absolute Gasteiger partial charge is 0.465 e. The van der Waals surface area contributed by atoms with Gasteiger partial charge >= 0.3 is 12.0 Å². The van der Waals surface area contributed by atoms with Crippen LogP contribution in [0.25, 0.3) is 0 Å². The molecule has 0 unspecified atom stereocenters. The van der Waals surface area contributed by atoms with Gasteiger partial charge in [0, 0.05) is 20.1 Å². The molecule has 0 atom stereocenters. The minimum Gasteiger partial charge on any atom is -0.465 e. The van der Waals surface area contributed by atoms with Gasteiger partial charge in [0.15, 0.2) is 0 Å². The molecule has 1 aliphatic rings. The summed E-state index contributed by atoms with van der Waals surface area (Å²) in [6.07, 6.45) is 1.97. The molecule has 1 aliphatic carbocycles. The molecule has 2 amide bonds. The van der Waals surface area contributed by atoms with Crippen molar-refractivity contribution in [3.8, 4) is 0 Å². The summed E-state index contributed by atoms with van der Waals surface area (Å²) in [7, 11) is 3.37. The van der Waals surface area contributed by atoms with E-state index in [2.05, 4.69) is 0 Å². The van der Waals surface area contributed by atoms with Crippen LogP contribution >= 0.6 is 0 Å². The fourth-order valence-corrected chi connectivity index (χ4v) is 1.34. The van der Waals surface area contributed by atoms with Gasteiger partial charge in [0.25, 0.3) is 0 Å². The summed E-state index contributed by atoms with van der Waals surface area (Å²) in [5.41, 5.74) is 0. The minimum absolute atomic E-state index is 0.0650. The maximum atomic E-state index is 11.7. The Morgan fingerprint density at radius 2 is 1.93 bits per heavy atom. The molecule has 0 bridgehead atoms. The highest BCUT2D eigenvalue weighted by Crippen LogP contribution is 2.27. The van der Waals surface area contributed by atoms with Crippen LogP contribution in [0.5, 0.6) is 0 Å². The second-order valence-electron chi connectivity index (χ2n) is 3.84. The summed E-state index contributed by atoms with van der Waals surface area (Å²) < 4.78 is 4.83. The molecule has 1 rings (SSSR count). The molecule has 5 heteroatoms. The Hall–Kier alpha value is -1.26. The number of hydrogen-bond acceptors (Lipinski definition) is 3. The lowest BCUT2D eigenvalue weighted by molar-refractivity contribution is -0.143. The number of amides is 2. The van der Waals surface area contributed by atoms with Gasteiger partial charge in [-0.25, -0.2) is 4.79 Å². The lowest BCUT2D eigenvalue weighted by Crippen LogP contribution is -2.43. The van der Waals surface area contributed by atoms with Crippen molar-refractivity contribution >= 4 is 12.0 Å². The smallest absolute Gasteiger partial charge is 0.325 e. The van der Waals surface area contributed by atoms with Gasteiger partial charge in [0.1, 0.15) is 6.54 Å². The van der Waals surface area contributed by atoms with E-state index in [4.69, 9.17) is 4.74 Å². The number of ether oxygens (including phenoxy) is 1. The Kier molecular flexibility index (Phi) is 3.94.